The Balaban J connectivity index is 1.37. The molecule has 0 amide bonds. The van der Waals surface area contributed by atoms with Crippen LogP contribution in [0.2, 0.25) is 0 Å². The zero-order chi connectivity index (χ0) is 28.5. The molecule has 9 aromatic rings. The summed E-state index contributed by atoms with van der Waals surface area (Å²) in [6, 6.07) is 47.2. The van der Waals surface area contributed by atoms with Crippen LogP contribution in [0.1, 0.15) is 25.3 Å². The molecule has 0 bridgehead atoms. The lowest BCUT2D eigenvalue weighted by Gasteiger charge is -2.10. The van der Waals surface area contributed by atoms with Crippen LogP contribution >= 0.6 is 11.3 Å². The molecule has 0 fully saturated rings. The van der Waals surface area contributed by atoms with Gasteiger partial charge in [0.1, 0.15) is 0 Å². The molecule has 43 heavy (non-hydrogen) atoms. The van der Waals surface area contributed by atoms with E-state index in [2.05, 4.69) is 143 Å². The number of nitrogens with zero attached hydrogens (tertiary/aromatic N) is 2. The Labute approximate surface area is 254 Å². The van der Waals surface area contributed by atoms with Crippen molar-refractivity contribution < 1.29 is 0 Å². The highest BCUT2D eigenvalue weighted by Crippen LogP contribution is 2.43. The highest BCUT2D eigenvalue weighted by Gasteiger charge is 2.21. The van der Waals surface area contributed by atoms with E-state index in [-0.39, 0.29) is 0 Å². The van der Waals surface area contributed by atoms with Crippen molar-refractivity contribution in [1.29, 1.82) is 0 Å². The summed E-state index contributed by atoms with van der Waals surface area (Å²) in [5.41, 5.74) is 8.80. The minimum absolute atomic E-state index is 1.15. The van der Waals surface area contributed by atoms with Gasteiger partial charge in [-0.25, -0.2) is 0 Å². The maximum atomic E-state index is 2.51. The lowest BCUT2D eigenvalue weighted by molar-refractivity contribution is 0.796. The minimum Gasteiger partial charge on any atom is -0.309 e. The van der Waals surface area contributed by atoms with E-state index in [1.165, 1.54) is 93.6 Å². The van der Waals surface area contributed by atoms with E-state index in [0.29, 0.717) is 0 Å². The van der Waals surface area contributed by atoms with Crippen LogP contribution in [0.4, 0.5) is 0 Å². The van der Waals surface area contributed by atoms with Gasteiger partial charge in [-0.2, -0.15) is 0 Å². The predicted molar refractivity (Wildman–Crippen MR) is 187 cm³/mol. The topological polar surface area (TPSA) is 9.86 Å². The zero-order valence-corrected chi connectivity index (χ0v) is 24.9. The molecule has 9 rings (SSSR count). The summed E-state index contributed by atoms with van der Waals surface area (Å²) in [4.78, 5) is 0. The number of benzene rings is 6. The highest BCUT2D eigenvalue weighted by atomic mass is 32.1. The van der Waals surface area contributed by atoms with Crippen LogP contribution in [-0.4, -0.2) is 9.13 Å². The first kappa shape index (κ1) is 24.7. The van der Waals surface area contributed by atoms with Crippen LogP contribution in [0, 0.1) is 0 Å². The molecule has 0 spiro atoms. The monoisotopic (exact) mass is 570 g/mol. The first-order valence-corrected chi connectivity index (χ1v) is 16.1. The smallest absolute Gasteiger partial charge is 0.0641 e. The van der Waals surface area contributed by atoms with E-state index in [9.17, 15) is 0 Å². The second kappa shape index (κ2) is 9.58. The number of aryl methyl sites for hydroxylation is 1. The fraction of sp³-hybridized carbons (Fsp3) is 0.100. The number of hydrogen-bond acceptors (Lipinski definition) is 1. The van der Waals surface area contributed by atoms with E-state index in [0.717, 1.165) is 6.42 Å². The molecular formula is C40H30N2S. The molecule has 0 unspecified atom stereocenters. The average Bonchev–Trinajstić information content (AvgIpc) is 3.71. The number of para-hydroxylation sites is 3. The lowest BCUT2D eigenvalue weighted by Crippen LogP contribution is -1.95. The number of hydrogen-bond donors (Lipinski definition) is 0. The first-order chi connectivity index (χ1) is 21.3. The molecule has 0 N–H and O–H groups in total. The van der Waals surface area contributed by atoms with E-state index in [4.69, 9.17) is 0 Å². The van der Waals surface area contributed by atoms with Crippen molar-refractivity contribution in [2.75, 3.05) is 0 Å². The van der Waals surface area contributed by atoms with E-state index >= 15 is 0 Å². The first-order valence-electron chi connectivity index (χ1n) is 15.3. The van der Waals surface area contributed by atoms with Gasteiger partial charge in [-0.15, -0.1) is 11.3 Å². The summed E-state index contributed by atoms with van der Waals surface area (Å²) in [5, 5.41) is 7.89. The molecule has 0 radical (unpaired) electrons. The molecule has 0 saturated carbocycles. The Morgan fingerprint density at radius 1 is 0.512 bits per heavy atom. The van der Waals surface area contributed by atoms with E-state index < -0.39 is 0 Å². The van der Waals surface area contributed by atoms with Crippen LogP contribution in [0.3, 0.4) is 0 Å². The van der Waals surface area contributed by atoms with Crippen molar-refractivity contribution >= 4 is 75.1 Å². The SMILES string of the molecule is CCCCc1ccc2sc3cc(-n4c5ccccc5c5ccc6c(c7ccccc7n6-c6ccccc6)c54)ccc3c2c1. The summed E-state index contributed by atoms with van der Waals surface area (Å²) < 4.78 is 7.62. The molecule has 206 valence electrons. The van der Waals surface area contributed by atoms with Crippen LogP contribution in [-0.2, 0) is 6.42 Å². The highest BCUT2D eigenvalue weighted by molar-refractivity contribution is 7.25. The molecule has 0 aliphatic carbocycles. The quantitative estimate of drug-likeness (QED) is 0.195. The number of unbranched alkanes of at least 4 members (excludes halogenated alkanes) is 1. The molecule has 0 saturated heterocycles. The van der Waals surface area contributed by atoms with Gasteiger partial charge >= 0.3 is 0 Å². The van der Waals surface area contributed by atoms with Crippen LogP contribution in [0.15, 0.2) is 127 Å². The van der Waals surface area contributed by atoms with Gasteiger partial charge in [-0.1, -0.05) is 86.1 Å². The predicted octanol–water partition coefficient (Wildman–Crippen LogP) is 11.6. The third kappa shape index (κ3) is 3.65. The van der Waals surface area contributed by atoms with Crippen molar-refractivity contribution in [3.05, 3.63) is 133 Å². The Morgan fingerprint density at radius 2 is 1.26 bits per heavy atom. The van der Waals surface area contributed by atoms with E-state index in [1.807, 2.05) is 11.3 Å². The molecule has 6 aromatic carbocycles. The zero-order valence-electron chi connectivity index (χ0n) is 24.0. The summed E-state index contributed by atoms with van der Waals surface area (Å²) in [6.45, 7) is 2.27. The van der Waals surface area contributed by atoms with Crippen molar-refractivity contribution in [2.24, 2.45) is 0 Å². The fourth-order valence-electron chi connectivity index (χ4n) is 7.12. The summed E-state index contributed by atoms with van der Waals surface area (Å²) in [5.74, 6) is 0. The largest absolute Gasteiger partial charge is 0.309 e. The van der Waals surface area contributed by atoms with Gasteiger partial charge in [-0.05, 0) is 73.0 Å². The average molecular weight is 571 g/mol. The maximum absolute atomic E-state index is 2.51. The van der Waals surface area contributed by atoms with Gasteiger partial charge in [0, 0.05) is 53.1 Å². The van der Waals surface area contributed by atoms with Crippen LogP contribution < -0.4 is 0 Å². The van der Waals surface area contributed by atoms with Gasteiger partial charge in [0.15, 0.2) is 0 Å². The number of aromatic nitrogens is 2. The third-order valence-electron chi connectivity index (χ3n) is 9.08. The number of thiophene rings is 1. The molecule has 0 atom stereocenters. The van der Waals surface area contributed by atoms with Gasteiger partial charge in [0.05, 0.1) is 22.1 Å². The van der Waals surface area contributed by atoms with Crippen LogP contribution in [0.5, 0.6) is 0 Å². The van der Waals surface area contributed by atoms with Crippen molar-refractivity contribution in [2.45, 2.75) is 26.2 Å². The molecule has 0 aliphatic rings. The lowest BCUT2D eigenvalue weighted by atomic mass is 10.0. The molecular weight excluding hydrogens is 541 g/mol. The van der Waals surface area contributed by atoms with Gasteiger partial charge in [-0.3, -0.25) is 0 Å². The summed E-state index contributed by atoms with van der Waals surface area (Å²) >= 11 is 1.91. The fourth-order valence-corrected chi connectivity index (χ4v) is 8.24. The van der Waals surface area contributed by atoms with E-state index in [1.54, 1.807) is 0 Å². The summed E-state index contributed by atoms with van der Waals surface area (Å²) in [6.07, 6.45) is 3.61. The van der Waals surface area contributed by atoms with Gasteiger partial charge in [0.2, 0.25) is 0 Å². The number of fused-ring (bicyclic) bond motifs is 10. The molecule has 2 nitrogen and oxygen atoms in total. The van der Waals surface area contributed by atoms with Gasteiger partial charge < -0.3 is 9.13 Å². The minimum atomic E-state index is 1.15. The molecule has 3 aromatic heterocycles. The van der Waals surface area contributed by atoms with Crippen molar-refractivity contribution in [3.8, 4) is 11.4 Å². The molecule has 3 heterocycles. The second-order valence-electron chi connectivity index (χ2n) is 11.6. The van der Waals surface area contributed by atoms with Crippen molar-refractivity contribution in [3.63, 3.8) is 0 Å². The standard InChI is InChI=1S/C40H30N2S/c1-2-3-11-26-18-23-37-33(24-26)30-20-19-28(25-38(30)43-37)42-34-16-9-7-14-29(34)31-21-22-36-39(40(31)42)32-15-8-10-17-35(32)41(36)27-12-5-4-6-13-27/h4-10,12-25H,2-3,11H2,1H3. The Kier molecular flexibility index (Phi) is 5.51. The Morgan fingerprint density at radius 3 is 2.09 bits per heavy atom. The second-order valence-corrected chi connectivity index (χ2v) is 12.7. The summed E-state index contributed by atoms with van der Waals surface area (Å²) in [7, 11) is 0. The maximum Gasteiger partial charge on any atom is 0.0641 e. The molecule has 0 aliphatic heterocycles. The Bertz CT molecular complexity index is 2490. The number of rotatable bonds is 5. The third-order valence-corrected chi connectivity index (χ3v) is 10.2. The van der Waals surface area contributed by atoms with Crippen LogP contribution in [0.25, 0.3) is 75.2 Å². The van der Waals surface area contributed by atoms with Gasteiger partial charge in [0.25, 0.3) is 0 Å². The molecule has 3 heteroatoms. The van der Waals surface area contributed by atoms with Crippen molar-refractivity contribution in [1.82, 2.24) is 9.13 Å². The Hall–Kier alpha value is -4.86. The normalized spacial score (nSPS) is 12.1.